The topological polar surface area (TPSA) is 92.5 Å². The molecule has 0 saturated heterocycles. The summed E-state index contributed by atoms with van der Waals surface area (Å²) in [5, 5.41) is 23.2. The van der Waals surface area contributed by atoms with E-state index in [1.54, 1.807) is 0 Å². The number of nitrogens with one attached hydrogen (secondary N) is 1. The number of hydrogen-bond acceptors (Lipinski definition) is 4. The SMILES string of the molecule is CCCCCCCCCCCCCCCCCCNc1ccc(C(=O)O)cc1[N+](=O)[O-]. The summed E-state index contributed by atoms with van der Waals surface area (Å²) in [4.78, 5) is 21.6. The average molecular weight is 435 g/mol. The minimum absolute atomic E-state index is 0.0698. The van der Waals surface area contributed by atoms with Crippen LogP contribution >= 0.6 is 0 Å². The molecule has 0 aliphatic carbocycles. The van der Waals surface area contributed by atoms with Gasteiger partial charge < -0.3 is 10.4 Å². The highest BCUT2D eigenvalue weighted by molar-refractivity contribution is 5.89. The molecule has 0 aromatic heterocycles. The van der Waals surface area contributed by atoms with Gasteiger partial charge in [0.2, 0.25) is 0 Å². The van der Waals surface area contributed by atoms with E-state index in [9.17, 15) is 14.9 Å². The number of aromatic carboxylic acids is 1. The quantitative estimate of drug-likeness (QED) is 0.123. The number of hydrogen-bond donors (Lipinski definition) is 2. The second-order valence-electron chi connectivity index (χ2n) is 8.52. The maximum atomic E-state index is 11.2. The molecule has 6 nitrogen and oxygen atoms in total. The Bertz CT molecular complexity index is 634. The highest BCUT2D eigenvalue weighted by Crippen LogP contribution is 2.25. The van der Waals surface area contributed by atoms with Gasteiger partial charge in [0, 0.05) is 12.6 Å². The van der Waals surface area contributed by atoms with E-state index >= 15 is 0 Å². The first kappa shape index (κ1) is 26.9. The third kappa shape index (κ3) is 13.0. The van der Waals surface area contributed by atoms with Gasteiger partial charge in [0.05, 0.1) is 10.5 Å². The molecule has 0 radical (unpaired) electrons. The fourth-order valence-corrected chi connectivity index (χ4v) is 3.86. The van der Waals surface area contributed by atoms with Gasteiger partial charge in [0.1, 0.15) is 5.69 Å². The van der Waals surface area contributed by atoms with Crippen molar-refractivity contribution >= 4 is 17.3 Å². The second-order valence-corrected chi connectivity index (χ2v) is 8.52. The van der Waals surface area contributed by atoms with Crippen LogP contribution in [0.2, 0.25) is 0 Å². The molecule has 176 valence electrons. The Morgan fingerprint density at radius 2 is 1.29 bits per heavy atom. The van der Waals surface area contributed by atoms with Crippen LogP contribution in [0.25, 0.3) is 0 Å². The second kappa shape index (κ2) is 17.6. The Kier molecular flexibility index (Phi) is 15.3. The lowest BCUT2D eigenvalue weighted by molar-refractivity contribution is -0.384. The van der Waals surface area contributed by atoms with Crippen molar-refractivity contribution in [3.63, 3.8) is 0 Å². The lowest BCUT2D eigenvalue weighted by atomic mass is 10.0. The number of nitro groups is 1. The van der Waals surface area contributed by atoms with Gasteiger partial charge in [-0.3, -0.25) is 10.1 Å². The van der Waals surface area contributed by atoms with Gasteiger partial charge in [0.15, 0.2) is 0 Å². The molecule has 0 bridgehead atoms. The van der Waals surface area contributed by atoms with E-state index in [-0.39, 0.29) is 11.3 Å². The largest absolute Gasteiger partial charge is 0.478 e. The fraction of sp³-hybridized carbons (Fsp3) is 0.720. The lowest BCUT2D eigenvalue weighted by Gasteiger charge is -2.08. The number of benzene rings is 1. The zero-order chi connectivity index (χ0) is 22.7. The Morgan fingerprint density at radius 1 is 0.839 bits per heavy atom. The number of nitro benzene ring substituents is 1. The Morgan fingerprint density at radius 3 is 1.71 bits per heavy atom. The predicted octanol–water partition coefficient (Wildman–Crippen LogP) is 7.97. The fourth-order valence-electron chi connectivity index (χ4n) is 3.86. The molecule has 2 N–H and O–H groups in total. The molecular weight excluding hydrogens is 392 g/mol. The van der Waals surface area contributed by atoms with Crippen LogP contribution in [-0.4, -0.2) is 22.5 Å². The molecule has 0 saturated carbocycles. The van der Waals surface area contributed by atoms with Crippen LogP contribution in [0.5, 0.6) is 0 Å². The van der Waals surface area contributed by atoms with Crippen molar-refractivity contribution in [2.75, 3.05) is 11.9 Å². The monoisotopic (exact) mass is 434 g/mol. The highest BCUT2D eigenvalue weighted by Gasteiger charge is 2.16. The van der Waals surface area contributed by atoms with Crippen LogP contribution in [0.1, 0.15) is 120 Å². The van der Waals surface area contributed by atoms with Crippen LogP contribution in [0, 0.1) is 10.1 Å². The van der Waals surface area contributed by atoms with E-state index in [2.05, 4.69) is 12.2 Å². The number of carboxylic acids is 1. The molecular formula is C25H42N2O4. The molecule has 0 aliphatic heterocycles. The number of rotatable bonds is 20. The van der Waals surface area contributed by atoms with E-state index in [4.69, 9.17) is 5.11 Å². The molecule has 1 rings (SSSR count). The molecule has 6 heteroatoms. The third-order valence-corrected chi connectivity index (χ3v) is 5.79. The Hall–Kier alpha value is -2.11. The zero-order valence-corrected chi connectivity index (χ0v) is 19.4. The van der Waals surface area contributed by atoms with Crippen LogP contribution in [-0.2, 0) is 0 Å². The number of unbranched alkanes of at least 4 members (excludes halogenated alkanes) is 15. The first-order chi connectivity index (χ1) is 15.1. The van der Waals surface area contributed by atoms with Crippen molar-refractivity contribution in [1.82, 2.24) is 0 Å². The van der Waals surface area contributed by atoms with Crippen molar-refractivity contribution in [1.29, 1.82) is 0 Å². The van der Waals surface area contributed by atoms with Gasteiger partial charge in [-0.1, -0.05) is 103 Å². The summed E-state index contributed by atoms with van der Waals surface area (Å²) in [6, 6.07) is 3.98. The van der Waals surface area contributed by atoms with Gasteiger partial charge in [-0.2, -0.15) is 0 Å². The van der Waals surface area contributed by atoms with Gasteiger partial charge in [-0.15, -0.1) is 0 Å². The highest BCUT2D eigenvalue weighted by atomic mass is 16.6. The summed E-state index contributed by atoms with van der Waals surface area (Å²) in [5.41, 5.74) is 0.131. The van der Waals surface area contributed by atoms with E-state index in [0.29, 0.717) is 12.2 Å². The average Bonchev–Trinajstić information content (AvgIpc) is 2.75. The first-order valence-corrected chi connectivity index (χ1v) is 12.3. The smallest absolute Gasteiger partial charge is 0.335 e. The molecule has 0 spiro atoms. The zero-order valence-electron chi connectivity index (χ0n) is 19.4. The molecule has 0 heterocycles. The predicted molar refractivity (Wildman–Crippen MR) is 128 cm³/mol. The van der Waals surface area contributed by atoms with E-state index in [1.807, 2.05) is 0 Å². The van der Waals surface area contributed by atoms with Gasteiger partial charge in [0.25, 0.3) is 5.69 Å². The van der Waals surface area contributed by atoms with E-state index in [1.165, 1.54) is 102 Å². The number of anilines is 1. The van der Waals surface area contributed by atoms with Crippen LogP contribution in [0.4, 0.5) is 11.4 Å². The van der Waals surface area contributed by atoms with Crippen molar-refractivity contribution in [3.8, 4) is 0 Å². The lowest BCUT2D eigenvalue weighted by Crippen LogP contribution is -2.06. The minimum Gasteiger partial charge on any atom is -0.478 e. The minimum atomic E-state index is -1.16. The molecule has 0 atom stereocenters. The van der Waals surface area contributed by atoms with Crippen molar-refractivity contribution < 1.29 is 14.8 Å². The van der Waals surface area contributed by atoms with Crippen LogP contribution < -0.4 is 5.32 Å². The summed E-state index contributed by atoms with van der Waals surface area (Å²) >= 11 is 0. The number of carbonyl (C=O) groups is 1. The molecule has 31 heavy (non-hydrogen) atoms. The summed E-state index contributed by atoms with van der Waals surface area (Å²) < 4.78 is 0. The van der Waals surface area contributed by atoms with E-state index in [0.717, 1.165) is 18.9 Å². The van der Waals surface area contributed by atoms with Crippen molar-refractivity contribution in [2.45, 2.75) is 110 Å². The van der Waals surface area contributed by atoms with Gasteiger partial charge in [-0.05, 0) is 18.6 Å². The summed E-state index contributed by atoms with van der Waals surface area (Å²) in [5.74, 6) is -1.16. The molecule has 1 aromatic carbocycles. The van der Waals surface area contributed by atoms with Crippen LogP contribution in [0.3, 0.4) is 0 Å². The van der Waals surface area contributed by atoms with Crippen molar-refractivity contribution in [2.24, 2.45) is 0 Å². The van der Waals surface area contributed by atoms with Gasteiger partial charge >= 0.3 is 5.97 Å². The maximum Gasteiger partial charge on any atom is 0.335 e. The molecule has 1 aromatic rings. The Balaban J connectivity index is 1.97. The summed E-state index contributed by atoms with van der Waals surface area (Å²) in [6.45, 7) is 2.92. The molecule has 0 amide bonds. The molecule has 0 fully saturated rings. The number of carboxylic acid groups (broad SMARTS) is 1. The van der Waals surface area contributed by atoms with Crippen LogP contribution in [0.15, 0.2) is 18.2 Å². The summed E-state index contributed by atoms with van der Waals surface area (Å²) in [6.07, 6.45) is 21.0. The first-order valence-electron chi connectivity index (χ1n) is 12.3. The Labute approximate surface area is 188 Å². The van der Waals surface area contributed by atoms with E-state index < -0.39 is 10.9 Å². The van der Waals surface area contributed by atoms with Crippen molar-refractivity contribution in [3.05, 3.63) is 33.9 Å². The summed E-state index contributed by atoms with van der Waals surface area (Å²) in [7, 11) is 0. The third-order valence-electron chi connectivity index (χ3n) is 5.79. The molecule has 0 unspecified atom stereocenters. The normalized spacial score (nSPS) is 10.9. The number of nitrogens with zero attached hydrogens (tertiary/aromatic N) is 1. The van der Waals surface area contributed by atoms with Gasteiger partial charge in [-0.25, -0.2) is 4.79 Å². The molecule has 0 aliphatic rings. The maximum absolute atomic E-state index is 11.2. The standard InChI is InChI=1S/C25H42N2O4/c1-2-3-4-5-6-7-8-9-10-11-12-13-14-15-16-17-20-26-23-19-18-22(25(28)29)21-24(23)27(30)31/h18-19,21,26H,2-17,20H2,1H3,(H,28,29).